The van der Waals surface area contributed by atoms with Gasteiger partial charge in [-0.2, -0.15) is 13.2 Å². The Morgan fingerprint density at radius 2 is 2.00 bits per heavy atom. The molecule has 0 aromatic carbocycles. The molecule has 1 fully saturated rings. The molecule has 16 heavy (non-hydrogen) atoms. The van der Waals surface area contributed by atoms with Crippen LogP contribution in [-0.4, -0.2) is 43.3 Å². The summed E-state index contributed by atoms with van der Waals surface area (Å²) in [6.07, 6.45) is -2.65. The van der Waals surface area contributed by atoms with Gasteiger partial charge in [0.25, 0.3) is 0 Å². The third-order valence-corrected chi connectivity index (χ3v) is 2.98. The molecule has 1 rings (SSSR count). The number of nitrogens with zero attached hydrogens (tertiary/aromatic N) is 1. The number of nitrogens with one attached hydrogen (secondary N) is 1. The summed E-state index contributed by atoms with van der Waals surface area (Å²) in [5.41, 5.74) is 0. The van der Waals surface area contributed by atoms with Gasteiger partial charge in [0.15, 0.2) is 0 Å². The molecule has 0 aromatic rings. The molecule has 0 aliphatic carbocycles. The van der Waals surface area contributed by atoms with Gasteiger partial charge in [0.2, 0.25) is 0 Å². The molecule has 1 heterocycles. The number of hydrogen-bond donors (Lipinski definition) is 1. The van der Waals surface area contributed by atoms with Gasteiger partial charge in [-0.05, 0) is 39.3 Å². The highest BCUT2D eigenvalue weighted by Gasteiger charge is 2.26. The Labute approximate surface area is 95.2 Å². The summed E-state index contributed by atoms with van der Waals surface area (Å²) in [5.74, 6) is 0. The topological polar surface area (TPSA) is 15.3 Å². The summed E-state index contributed by atoms with van der Waals surface area (Å²) in [7, 11) is 0. The average Bonchev–Trinajstić information content (AvgIpc) is 2.37. The monoisotopic (exact) mass is 238 g/mol. The van der Waals surface area contributed by atoms with Crippen LogP contribution in [0.25, 0.3) is 0 Å². The Kier molecular flexibility index (Phi) is 5.55. The molecule has 1 unspecified atom stereocenters. The van der Waals surface area contributed by atoms with E-state index in [4.69, 9.17) is 0 Å². The van der Waals surface area contributed by atoms with E-state index < -0.39 is 12.6 Å². The van der Waals surface area contributed by atoms with Crippen molar-refractivity contribution in [3.63, 3.8) is 0 Å². The van der Waals surface area contributed by atoms with Crippen molar-refractivity contribution in [1.29, 1.82) is 0 Å². The van der Waals surface area contributed by atoms with E-state index >= 15 is 0 Å². The Morgan fingerprint density at radius 1 is 1.25 bits per heavy atom. The molecule has 2 nitrogen and oxygen atoms in total. The zero-order valence-corrected chi connectivity index (χ0v) is 9.82. The predicted molar refractivity (Wildman–Crippen MR) is 58.4 cm³/mol. The second-order valence-electron chi connectivity index (χ2n) is 4.56. The largest absolute Gasteiger partial charge is 0.389 e. The van der Waals surface area contributed by atoms with E-state index in [-0.39, 0.29) is 6.42 Å². The molecule has 1 saturated heterocycles. The van der Waals surface area contributed by atoms with Crippen LogP contribution in [0.3, 0.4) is 0 Å². The number of unbranched alkanes of at least 4 members (excludes halogenated alkanes) is 1. The summed E-state index contributed by atoms with van der Waals surface area (Å²) < 4.78 is 35.7. The molecule has 0 saturated carbocycles. The van der Waals surface area contributed by atoms with Gasteiger partial charge in [0.05, 0.1) is 0 Å². The number of rotatable bonds is 4. The SMILES string of the molecule is CC1CCN(CCCCC(F)(F)F)CCN1. The zero-order valence-electron chi connectivity index (χ0n) is 9.82. The number of halogens is 3. The van der Waals surface area contributed by atoms with Crippen molar-refractivity contribution in [3.8, 4) is 0 Å². The minimum absolute atomic E-state index is 0.253. The number of hydrogen-bond acceptors (Lipinski definition) is 2. The van der Waals surface area contributed by atoms with E-state index in [0.717, 1.165) is 32.6 Å². The molecule has 1 N–H and O–H groups in total. The molecular formula is C11H21F3N2. The molecule has 1 atom stereocenters. The molecular weight excluding hydrogens is 217 g/mol. The maximum Gasteiger partial charge on any atom is 0.389 e. The van der Waals surface area contributed by atoms with Crippen molar-refractivity contribution in [2.24, 2.45) is 0 Å². The molecule has 0 bridgehead atoms. The normalized spacial score (nSPS) is 24.4. The van der Waals surface area contributed by atoms with Crippen LogP contribution in [0.1, 0.15) is 32.6 Å². The van der Waals surface area contributed by atoms with Crippen LogP contribution in [0.5, 0.6) is 0 Å². The lowest BCUT2D eigenvalue weighted by Gasteiger charge is -2.19. The van der Waals surface area contributed by atoms with Crippen LogP contribution in [0.4, 0.5) is 13.2 Å². The molecule has 1 aliphatic rings. The second-order valence-corrected chi connectivity index (χ2v) is 4.56. The van der Waals surface area contributed by atoms with Crippen molar-refractivity contribution < 1.29 is 13.2 Å². The fourth-order valence-corrected chi connectivity index (χ4v) is 1.94. The Morgan fingerprint density at radius 3 is 2.69 bits per heavy atom. The fourth-order valence-electron chi connectivity index (χ4n) is 1.94. The molecule has 5 heteroatoms. The van der Waals surface area contributed by atoms with Crippen LogP contribution in [0, 0.1) is 0 Å². The van der Waals surface area contributed by atoms with Gasteiger partial charge in [0.1, 0.15) is 0 Å². The van der Waals surface area contributed by atoms with Crippen LogP contribution < -0.4 is 5.32 Å². The standard InChI is InChI=1S/C11H21F3N2/c1-10-4-8-16(9-6-15-10)7-3-2-5-11(12,13)14/h10,15H,2-9H2,1H3. The maximum absolute atomic E-state index is 11.9. The lowest BCUT2D eigenvalue weighted by atomic mass is 10.2. The molecule has 0 aromatic heterocycles. The average molecular weight is 238 g/mol. The lowest BCUT2D eigenvalue weighted by Crippen LogP contribution is -2.29. The first kappa shape index (κ1) is 13.8. The van der Waals surface area contributed by atoms with Crippen molar-refractivity contribution in [1.82, 2.24) is 10.2 Å². The molecule has 1 aliphatic heterocycles. The van der Waals surface area contributed by atoms with Gasteiger partial charge in [-0.25, -0.2) is 0 Å². The highest BCUT2D eigenvalue weighted by atomic mass is 19.4. The van der Waals surface area contributed by atoms with Crippen LogP contribution in [0.15, 0.2) is 0 Å². The summed E-state index contributed by atoms with van der Waals surface area (Å²) in [4.78, 5) is 2.26. The van der Waals surface area contributed by atoms with E-state index in [9.17, 15) is 13.2 Å². The van der Waals surface area contributed by atoms with E-state index in [1.807, 2.05) is 0 Å². The van der Waals surface area contributed by atoms with Crippen LogP contribution in [0.2, 0.25) is 0 Å². The third kappa shape index (κ3) is 6.33. The van der Waals surface area contributed by atoms with Gasteiger partial charge >= 0.3 is 6.18 Å². The van der Waals surface area contributed by atoms with Gasteiger partial charge in [0, 0.05) is 25.6 Å². The van der Waals surface area contributed by atoms with Crippen LogP contribution >= 0.6 is 0 Å². The lowest BCUT2D eigenvalue weighted by molar-refractivity contribution is -0.135. The smallest absolute Gasteiger partial charge is 0.313 e. The summed E-state index contributed by atoms with van der Waals surface area (Å²) in [5, 5.41) is 3.37. The fraction of sp³-hybridized carbons (Fsp3) is 1.00. The van der Waals surface area contributed by atoms with Crippen molar-refractivity contribution >= 4 is 0 Å². The van der Waals surface area contributed by atoms with E-state index in [2.05, 4.69) is 17.1 Å². The van der Waals surface area contributed by atoms with Gasteiger partial charge < -0.3 is 10.2 Å². The molecule has 0 radical (unpaired) electrons. The Bertz CT molecular complexity index is 194. The predicted octanol–water partition coefficient (Wildman–Crippen LogP) is 2.40. The quantitative estimate of drug-likeness (QED) is 0.757. The van der Waals surface area contributed by atoms with Gasteiger partial charge in [-0.15, -0.1) is 0 Å². The van der Waals surface area contributed by atoms with E-state index in [0.29, 0.717) is 12.5 Å². The first-order valence-corrected chi connectivity index (χ1v) is 6.00. The Hall–Kier alpha value is -0.290. The second kappa shape index (κ2) is 6.45. The van der Waals surface area contributed by atoms with Gasteiger partial charge in [-0.1, -0.05) is 0 Å². The van der Waals surface area contributed by atoms with Crippen molar-refractivity contribution in [2.75, 3.05) is 26.2 Å². The van der Waals surface area contributed by atoms with E-state index in [1.165, 1.54) is 0 Å². The first-order valence-electron chi connectivity index (χ1n) is 6.00. The summed E-state index contributed by atoms with van der Waals surface area (Å²) in [6, 6.07) is 0.528. The molecule has 0 amide bonds. The van der Waals surface area contributed by atoms with Crippen molar-refractivity contribution in [2.45, 2.75) is 44.8 Å². The number of alkyl halides is 3. The van der Waals surface area contributed by atoms with Gasteiger partial charge in [-0.3, -0.25) is 0 Å². The van der Waals surface area contributed by atoms with E-state index in [1.54, 1.807) is 0 Å². The summed E-state index contributed by atoms with van der Waals surface area (Å²) in [6.45, 7) is 5.84. The highest BCUT2D eigenvalue weighted by molar-refractivity contribution is 4.71. The summed E-state index contributed by atoms with van der Waals surface area (Å²) >= 11 is 0. The third-order valence-electron chi connectivity index (χ3n) is 2.98. The minimum atomic E-state index is -3.99. The highest BCUT2D eigenvalue weighted by Crippen LogP contribution is 2.22. The van der Waals surface area contributed by atoms with Crippen LogP contribution in [-0.2, 0) is 0 Å². The minimum Gasteiger partial charge on any atom is -0.313 e. The van der Waals surface area contributed by atoms with Crippen molar-refractivity contribution in [3.05, 3.63) is 0 Å². The molecule has 0 spiro atoms. The first-order chi connectivity index (χ1) is 7.47. The Balaban J connectivity index is 2.08. The molecule has 96 valence electrons. The zero-order chi connectivity index (χ0) is 12.0. The maximum atomic E-state index is 11.9.